The van der Waals surface area contributed by atoms with Crippen molar-refractivity contribution in [3.63, 3.8) is 0 Å². The number of thiazole rings is 1. The van der Waals surface area contributed by atoms with Crippen LogP contribution in [0.5, 0.6) is 0 Å². The van der Waals surface area contributed by atoms with Gasteiger partial charge in [0.2, 0.25) is 11.8 Å². The van der Waals surface area contributed by atoms with E-state index in [9.17, 15) is 9.59 Å². The van der Waals surface area contributed by atoms with Gasteiger partial charge in [-0.25, -0.2) is 4.98 Å². The fourth-order valence-corrected chi connectivity index (χ4v) is 4.13. The average molecular weight is 336 g/mol. The molecule has 1 N–H and O–H groups in total. The number of nitrogens with zero attached hydrogens (tertiary/aromatic N) is 3. The van der Waals surface area contributed by atoms with Crippen molar-refractivity contribution in [2.45, 2.75) is 52.2 Å². The van der Waals surface area contributed by atoms with Crippen molar-refractivity contribution in [3.05, 3.63) is 11.1 Å². The van der Waals surface area contributed by atoms with E-state index in [0.29, 0.717) is 19.1 Å². The predicted octanol–water partition coefficient (Wildman–Crippen LogP) is 1.61. The number of carbonyl (C=O) groups is 2. The minimum Gasteiger partial charge on any atom is -0.353 e. The Morgan fingerprint density at radius 2 is 2.26 bits per heavy atom. The van der Waals surface area contributed by atoms with Gasteiger partial charge >= 0.3 is 0 Å². The second-order valence-corrected chi connectivity index (χ2v) is 7.53. The van der Waals surface area contributed by atoms with E-state index in [0.717, 1.165) is 30.2 Å². The van der Waals surface area contributed by atoms with E-state index in [-0.39, 0.29) is 23.8 Å². The highest BCUT2D eigenvalue weighted by atomic mass is 32.1. The summed E-state index contributed by atoms with van der Waals surface area (Å²) in [6, 6.07) is 0.219. The molecule has 2 heterocycles. The summed E-state index contributed by atoms with van der Waals surface area (Å²) in [4.78, 5) is 32.6. The van der Waals surface area contributed by atoms with Crippen molar-refractivity contribution in [2.24, 2.45) is 5.92 Å². The topological polar surface area (TPSA) is 65.5 Å². The van der Waals surface area contributed by atoms with Crippen molar-refractivity contribution in [2.75, 3.05) is 18.0 Å². The second kappa shape index (κ2) is 6.57. The van der Waals surface area contributed by atoms with Crippen molar-refractivity contribution in [3.8, 4) is 0 Å². The zero-order chi connectivity index (χ0) is 16.6. The third kappa shape index (κ3) is 3.55. The molecule has 23 heavy (non-hydrogen) atoms. The number of rotatable bonds is 5. The number of piperazine rings is 1. The van der Waals surface area contributed by atoms with Crippen molar-refractivity contribution < 1.29 is 9.59 Å². The van der Waals surface area contributed by atoms with E-state index in [4.69, 9.17) is 0 Å². The zero-order valence-electron chi connectivity index (χ0n) is 13.9. The monoisotopic (exact) mass is 336 g/mol. The molecular formula is C16H24N4O2S. The maximum Gasteiger partial charge on any atom is 0.237 e. The van der Waals surface area contributed by atoms with E-state index in [1.807, 2.05) is 10.3 Å². The highest BCUT2D eigenvalue weighted by Gasteiger charge is 2.35. The SMILES string of the molecule is CC(=O)N(c1nc(CN2CCNC(=O)C2C(C)C)cs1)C1CC1. The van der Waals surface area contributed by atoms with Gasteiger partial charge in [0.25, 0.3) is 0 Å². The second-order valence-electron chi connectivity index (χ2n) is 6.69. The summed E-state index contributed by atoms with van der Waals surface area (Å²) in [6.07, 6.45) is 2.13. The first-order valence-electron chi connectivity index (χ1n) is 8.23. The lowest BCUT2D eigenvalue weighted by atomic mass is 9.99. The normalized spacial score (nSPS) is 22.3. The van der Waals surface area contributed by atoms with E-state index < -0.39 is 0 Å². The highest BCUT2D eigenvalue weighted by molar-refractivity contribution is 7.14. The number of hydrogen-bond acceptors (Lipinski definition) is 5. The van der Waals surface area contributed by atoms with Gasteiger partial charge in [-0.15, -0.1) is 11.3 Å². The number of hydrogen-bond donors (Lipinski definition) is 1. The van der Waals surface area contributed by atoms with Crippen LogP contribution in [0, 0.1) is 5.92 Å². The van der Waals surface area contributed by atoms with Crippen molar-refractivity contribution in [1.82, 2.24) is 15.2 Å². The number of aromatic nitrogens is 1. The molecule has 1 aromatic rings. The van der Waals surface area contributed by atoms with Crippen LogP contribution in [-0.4, -0.2) is 46.9 Å². The molecule has 2 fully saturated rings. The van der Waals surface area contributed by atoms with E-state index in [1.165, 1.54) is 11.3 Å². The smallest absolute Gasteiger partial charge is 0.237 e. The fraction of sp³-hybridized carbons (Fsp3) is 0.688. The first-order valence-corrected chi connectivity index (χ1v) is 9.11. The third-order valence-corrected chi connectivity index (χ3v) is 5.24. The fourth-order valence-electron chi connectivity index (χ4n) is 3.20. The van der Waals surface area contributed by atoms with Crippen LogP contribution in [0.2, 0.25) is 0 Å². The maximum absolute atomic E-state index is 12.1. The molecular weight excluding hydrogens is 312 g/mol. The van der Waals surface area contributed by atoms with Gasteiger partial charge in [-0.05, 0) is 18.8 Å². The predicted molar refractivity (Wildman–Crippen MR) is 90.3 cm³/mol. The van der Waals surface area contributed by atoms with Gasteiger partial charge in [0.05, 0.1) is 11.7 Å². The van der Waals surface area contributed by atoms with Crippen molar-refractivity contribution >= 4 is 28.3 Å². The van der Waals surface area contributed by atoms with Gasteiger partial charge in [-0.3, -0.25) is 19.4 Å². The molecule has 7 heteroatoms. The van der Waals surface area contributed by atoms with Crippen LogP contribution in [-0.2, 0) is 16.1 Å². The summed E-state index contributed by atoms with van der Waals surface area (Å²) >= 11 is 1.52. The van der Waals surface area contributed by atoms with Gasteiger partial charge in [0.1, 0.15) is 0 Å². The first-order chi connectivity index (χ1) is 11.0. The summed E-state index contributed by atoms with van der Waals surface area (Å²) in [7, 11) is 0. The molecule has 0 aromatic carbocycles. The van der Waals surface area contributed by atoms with Crippen molar-refractivity contribution in [1.29, 1.82) is 0 Å². The molecule has 1 saturated heterocycles. The average Bonchev–Trinajstić information content (AvgIpc) is 3.18. The lowest BCUT2D eigenvalue weighted by Crippen LogP contribution is -2.56. The summed E-state index contributed by atoms with van der Waals surface area (Å²) in [5, 5.41) is 5.74. The minimum absolute atomic E-state index is 0.0609. The number of carbonyl (C=O) groups excluding carboxylic acids is 2. The Morgan fingerprint density at radius 1 is 1.52 bits per heavy atom. The van der Waals surface area contributed by atoms with Crippen LogP contribution in [0.25, 0.3) is 0 Å². The molecule has 3 rings (SSSR count). The molecule has 1 unspecified atom stereocenters. The molecule has 0 radical (unpaired) electrons. The Labute approximate surface area is 140 Å². The van der Waals surface area contributed by atoms with Gasteiger partial charge in [0.15, 0.2) is 5.13 Å². The minimum atomic E-state index is -0.110. The Bertz CT molecular complexity index is 597. The maximum atomic E-state index is 12.1. The lowest BCUT2D eigenvalue weighted by Gasteiger charge is -2.36. The summed E-state index contributed by atoms with van der Waals surface area (Å²) < 4.78 is 0. The van der Waals surface area contributed by atoms with Crippen LogP contribution in [0.3, 0.4) is 0 Å². The largest absolute Gasteiger partial charge is 0.353 e. The molecule has 1 aliphatic carbocycles. The Balaban J connectivity index is 1.73. The Kier molecular flexibility index (Phi) is 4.68. The summed E-state index contributed by atoms with van der Waals surface area (Å²) in [5.41, 5.74) is 0.942. The quantitative estimate of drug-likeness (QED) is 0.887. The van der Waals surface area contributed by atoms with Crippen LogP contribution >= 0.6 is 11.3 Å². The van der Waals surface area contributed by atoms with Crippen LogP contribution in [0.4, 0.5) is 5.13 Å². The van der Waals surface area contributed by atoms with E-state index in [2.05, 4.69) is 29.0 Å². The van der Waals surface area contributed by atoms with Crippen LogP contribution in [0.1, 0.15) is 39.3 Å². The standard InChI is InChI=1S/C16H24N4O2S/c1-10(2)14-15(22)17-6-7-19(14)8-12-9-23-16(18-12)20(11(3)21)13-4-5-13/h9-10,13-14H,4-8H2,1-3H3,(H,17,22). The van der Waals surface area contributed by atoms with Gasteiger partial charge in [-0.2, -0.15) is 0 Å². The van der Waals surface area contributed by atoms with Gasteiger partial charge in [0, 0.05) is 38.0 Å². The zero-order valence-corrected chi connectivity index (χ0v) is 14.7. The van der Waals surface area contributed by atoms with Crippen LogP contribution in [0.15, 0.2) is 5.38 Å². The molecule has 126 valence electrons. The number of amides is 2. The first kappa shape index (κ1) is 16.4. The van der Waals surface area contributed by atoms with Gasteiger partial charge < -0.3 is 5.32 Å². The molecule has 1 aromatic heterocycles. The highest BCUT2D eigenvalue weighted by Crippen LogP contribution is 2.34. The molecule has 2 amide bonds. The summed E-state index contributed by atoms with van der Waals surface area (Å²) in [5.74, 6) is 0.421. The van der Waals surface area contributed by atoms with E-state index in [1.54, 1.807) is 6.92 Å². The summed E-state index contributed by atoms with van der Waals surface area (Å²) in [6.45, 7) is 7.91. The molecule has 0 bridgehead atoms. The molecule has 1 saturated carbocycles. The van der Waals surface area contributed by atoms with Gasteiger partial charge in [-0.1, -0.05) is 13.8 Å². The van der Waals surface area contributed by atoms with E-state index >= 15 is 0 Å². The third-order valence-electron chi connectivity index (χ3n) is 4.35. The molecule has 6 nitrogen and oxygen atoms in total. The molecule has 1 atom stereocenters. The molecule has 1 aliphatic heterocycles. The van der Waals surface area contributed by atoms with Crippen LogP contribution < -0.4 is 10.2 Å². The lowest BCUT2D eigenvalue weighted by molar-refractivity contribution is -0.131. The molecule has 2 aliphatic rings. The Hall–Kier alpha value is -1.47. The number of anilines is 1. The Morgan fingerprint density at radius 3 is 2.87 bits per heavy atom. The number of nitrogens with one attached hydrogen (secondary N) is 1. The molecule has 0 spiro atoms.